The highest BCUT2D eigenvalue weighted by Crippen LogP contribution is 2.03. The molecule has 0 spiro atoms. The third-order valence-corrected chi connectivity index (χ3v) is 2.70. The Balaban J connectivity index is 2.23. The first kappa shape index (κ1) is 11.7. The minimum atomic E-state index is 0.996. The molecule has 0 aliphatic carbocycles. The summed E-state index contributed by atoms with van der Waals surface area (Å²) in [6, 6.07) is 0. The number of hydrogen-bond donors (Lipinski definition) is 0. The zero-order valence-corrected chi connectivity index (χ0v) is 10.5. The summed E-state index contributed by atoms with van der Waals surface area (Å²) in [4.78, 5) is 2.33. The first-order valence-corrected chi connectivity index (χ1v) is 6.06. The van der Waals surface area contributed by atoms with Crippen molar-refractivity contribution < 1.29 is 0 Å². The van der Waals surface area contributed by atoms with Crippen LogP contribution in [0, 0.1) is 0 Å². The minimum Gasteiger partial charge on any atom is -0.302 e. The molecule has 0 unspecified atom stereocenters. The molecule has 0 aliphatic heterocycles. The molecule has 0 atom stereocenters. The van der Waals surface area contributed by atoms with Crippen molar-refractivity contribution in [3.8, 4) is 0 Å². The van der Waals surface area contributed by atoms with E-state index in [0.717, 1.165) is 18.4 Å². The average Bonchev–Trinajstić information content (AvgIpc) is 2.52. The monoisotopic (exact) mass is 259 g/mol. The second kappa shape index (κ2) is 6.19. The van der Waals surface area contributed by atoms with Crippen LogP contribution in [0.4, 0.5) is 0 Å². The van der Waals surface area contributed by atoms with Crippen molar-refractivity contribution in [3.63, 3.8) is 0 Å². The molecule has 0 radical (unpaired) electrons. The van der Waals surface area contributed by atoms with Crippen molar-refractivity contribution >= 4 is 15.9 Å². The van der Waals surface area contributed by atoms with E-state index in [1.807, 2.05) is 17.9 Å². The van der Waals surface area contributed by atoms with Crippen LogP contribution in [0.1, 0.15) is 18.4 Å². The summed E-state index contributed by atoms with van der Waals surface area (Å²) < 4.78 is 1.85. The lowest BCUT2D eigenvalue weighted by atomic mass is 10.3. The van der Waals surface area contributed by atoms with Gasteiger partial charge in [0.2, 0.25) is 0 Å². The van der Waals surface area contributed by atoms with E-state index in [9.17, 15) is 0 Å². The molecule has 14 heavy (non-hydrogen) atoms. The van der Waals surface area contributed by atoms with Gasteiger partial charge < -0.3 is 4.90 Å². The van der Waals surface area contributed by atoms with Gasteiger partial charge in [0.15, 0.2) is 0 Å². The predicted molar refractivity (Wildman–Crippen MR) is 62.6 cm³/mol. The normalized spacial score (nSPS) is 11.1. The molecule has 0 saturated heterocycles. The number of alkyl halides is 1. The number of rotatable bonds is 6. The van der Waals surface area contributed by atoms with Gasteiger partial charge in [0.1, 0.15) is 0 Å². The van der Waals surface area contributed by atoms with Crippen molar-refractivity contribution in [1.82, 2.24) is 14.7 Å². The Morgan fingerprint density at radius 2 is 2.29 bits per heavy atom. The van der Waals surface area contributed by atoms with E-state index < -0.39 is 0 Å². The highest BCUT2D eigenvalue weighted by molar-refractivity contribution is 9.09. The lowest BCUT2D eigenvalue weighted by Gasteiger charge is -2.14. The standard InChI is InChI=1S/C10H18BrN3/c1-13(6-4-3-5-11)8-10-7-12-14(2)9-10/h7,9H,3-6,8H2,1-2H3. The number of hydrogen-bond acceptors (Lipinski definition) is 2. The maximum absolute atomic E-state index is 4.15. The molecule has 0 aromatic carbocycles. The Kier molecular flexibility index (Phi) is 5.19. The fourth-order valence-electron chi connectivity index (χ4n) is 1.42. The number of aryl methyl sites for hydroxylation is 1. The molecule has 3 nitrogen and oxygen atoms in total. The summed E-state index contributed by atoms with van der Waals surface area (Å²) in [6.07, 6.45) is 6.50. The molecule has 1 aromatic heterocycles. The predicted octanol–water partition coefficient (Wildman–Crippen LogP) is 2.03. The summed E-state index contributed by atoms with van der Waals surface area (Å²) in [5.74, 6) is 0. The Bertz CT molecular complexity index is 260. The third kappa shape index (κ3) is 4.24. The maximum Gasteiger partial charge on any atom is 0.0534 e. The smallest absolute Gasteiger partial charge is 0.0534 e. The Morgan fingerprint density at radius 3 is 2.86 bits per heavy atom. The zero-order valence-electron chi connectivity index (χ0n) is 8.91. The first-order chi connectivity index (χ1) is 6.72. The molecule has 80 valence electrons. The summed E-state index contributed by atoms with van der Waals surface area (Å²) >= 11 is 3.44. The molecule has 1 rings (SSSR count). The molecule has 1 aromatic rings. The second-order valence-electron chi connectivity index (χ2n) is 3.66. The number of aromatic nitrogens is 2. The zero-order chi connectivity index (χ0) is 10.4. The van der Waals surface area contributed by atoms with Gasteiger partial charge in [0.25, 0.3) is 0 Å². The van der Waals surface area contributed by atoms with Gasteiger partial charge in [-0.05, 0) is 26.4 Å². The maximum atomic E-state index is 4.15. The SMILES string of the molecule is CN(CCCCBr)Cc1cnn(C)c1. The van der Waals surface area contributed by atoms with Crippen LogP contribution in [0.5, 0.6) is 0 Å². The van der Waals surface area contributed by atoms with E-state index >= 15 is 0 Å². The quantitative estimate of drug-likeness (QED) is 0.576. The molecule has 4 heteroatoms. The Hall–Kier alpha value is -0.350. The van der Waals surface area contributed by atoms with Crippen molar-refractivity contribution in [1.29, 1.82) is 0 Å². The lowest BCUT2D eigenvalue weighted by molar-refractivity contribution is 0.321. The van der Waals surface area contributed by atoms with Crippen molar-refractivity contribution in [3.05, 3.63) is 18.0 Å². The second-order valence-corrected chi connectivity index (χ2v) is 4.45. The van der Waals surface area contributed by atoms with Crippen LogP contribution in [-0.2, 0) is 13.6 Å². The summed E-state index contributed by atoms with van der Waals surface area (Å²) in [5, 5.41) is 5.25. The Morgan fingerprint density at radius 1 is 1.50 bits per heavy atom. The molecule has 1 heterocycles. The topological polar surface area (TPSA) is 21.1 Å². The Labute approximate surface area is 94.2 Å². The summed E-state index contributed by atoms with van der Waals surface area (Å²) in [7, 11) is 4.11. The van der Waals surface area contributed by atoms with Crippen LogP contribution in [0.3, 0.4) is 0 Å². The van der Waals surface area contributed by atoms with Gasteiger partial charge in [-0.1, -0.05) is 15.9 Å². The van der Waals surface area contributed by atoms with Gasteiger partial charge in [-0.15, -0.1) is 0 Å². The number of halogens is 1. The molecule has 0 amide bonds. The molecule has 0 N–H and O–H groups in total. The molecular weight excluding hydrogens is 242 g/mol. The highest BCUT2D eigenvalue weighted by Gasteiger charge is 2.01. The van der Waals surface area contributed by atoms with Crippen molar-refractivity contribution in [2.45, 2.75) is 19.4 Å². The van der Waals surface area contributed by atoms with E-state index in [-0.39, 0.29) is 0 Å². The molecule has 0 saturated carbocycles. The van der Waals surface area contributed by atoms with E-state index in [1.54, 1.807) is 0 Å². The molecule has 0 bridgehead atoms. The van der Waals surface area contributed by atoms with Gasteiger partial charge >= 0.3 is 0 Å². The highest BCUT2D eigenvalue weighted by atomic mass is 79.9. The van der Waals surface area contributed by atoms with Gasteiger partial charge in [-0.2, -0.15) is 5.10 Å². The van der Waals surface area contributed by atoms with Crippen molar-refractivity contribution in [2.24, 2.45) is 7.05 Å². The molecular formula is C10H18BrN3. The fourth-order valence-corrected chi connectivity index (χ4v) is 1.82. The van der Waals surface area contributed by atoms with E-state index in [0.29, 0.717) is 0 Å². The summed E-state index contributed by atoms with van der Waals surface area (Å²) in [6.45, 7) is 2.15. The van der Waals surface area contributed by atoms with Gasteiger partial charge in [0.05, 0.1) is 6.20 Å². The summed E-state index contributed by atoms with van der Waals surface area (Å²) in [5.41, 5.74) is 1.29. The minimum absolute atomic E-state index is 0.996. The average molecular weight is 260 g/mol. The van der Waals surface area contributed by atoms with Crippen LogP contribution in [0.2, 0.25) is 0 Å². The number of nitrogens with zero attached hydrogens (tertiary/aromatic N) is 3. The first-order valence-electron chi connectivity index (χ1n) is 4.94. The third-order valence-electron chi connectivity index (χ3n) is 2.13. The van der Waals surface area contributed by atoms with Crippen LogP contribution >= 0.6 is 15.9 Å². The van der Waals surface area contributed by atoms with Crippen LogP contribution < -0.4 is 0 Å². The number of unbranched alkanes of at least 4 members (excludes halogenated alkanes) is 1. The molecule has 0 fully saturated rings. The fraction of sp³-hybridized carbons (Fsp3) is 0.700. The van der Waals surface area contributed by atoms with E-state index in [2.05, 4.69) is 39.2 Å². The van der Waals surface area contributed by atoms with E-state index in [4.69, 9.17) is 0 Å². The van der Waals surface area contributed by atoms with Gasteiger partial charge in [-0.25, -0.2) is 0 Å². The van der Waals surface area contributed by atoms with Gasteiger partial charge in [-0.3, -0.25) is 4.68 Å². The van der Waals surface area contributed by atoms with Crippen molar-refractivity contribution in [2.75, 3.05) is 18.9 Å². The van der Waals surface area contributed by atoms with Crippen LogP contribution in [0.15, 0.2) is 12.4 Å². The van der Waals surface area contributed by atoms with Gasteiger partial charge in [0, 0.05) is 30.7 Å². The molecule has 0 aliphatic rings. The van der Waals surface area contributed by atoms with E-state index in [1.165, 1.54) is 18.4 Å². The van der Waals surface area contributed by atoms with Crippen LogP contribution in [0.25, 0.3) is 0 Å². The lowest BCUT2D eigenvalue weighted by Crippen LogP contribution is -2.18. The largest absolute Gasteiger partial charge is 0.302 e. The van der Waals surface area contributed by atoms with Crippen LogP contribution in [-0.4, -0.2) is 33.6 Å².